The standard InChI is InChI=1S/C6H12NOP/c1-4(3-7)6(9)5(2)8/h3,6H,7,9H2,1-2H3/b4-3-. The Labute approximate surface area is 57.7 Å². The fourth-order valence-electron chi connectivity index (χ4n) is 0.424. The topological polar surface area (TPSA) is 43.1 Å². The molecule has 0 aliphatic heterocycles. The minimum Gasteiger partial charge on any atom is -0.405 e. The highest BCUT2D eigenvalue weighted by Gasteiger charge is 2.07. The van der Waals surface area contributed by atoms with Crippen molar-refractivity contribution in [3.05, 3.63) is 11.8 Å². The van der Waals surface area contributed by atoms with Crippen molar-refractivity contribution in [1.82, 2.24) is 0 Å². The molecule has 0 aliphatic carbocycles. The lowest BCUT2D eigenvalue weighted by atomic mass is 10.2. The molecule has 0 fully saturated rings. The molecular weight excluding hydrogens is 133 g/mol. The summed E-state index contributed by atoms with van der Waals surface area (Å²) in [5, 5.41) is 0. The number of nitrogens with two attached hydrogens (primary N) is 1. The molecule has 2 N–H and O–H groups in total. The second kappa shape index (κ2) is 3.62. The lowest BCUT2D eigenvalue weighted by Crippen LogP contribution is -2.11. The summed E-state index contributed by atoms with van der Waals surface area (Å²) in [7, 11) is 2.44. The van der Waals surface area contributed by atoms with Crippen LogP contribution in [0.4, 0.5) is 0 Å². The Kier molecular flexibility index (Phi) is 3.48. The van der Waals surface area contributed by atoms with Crippen molar-refractivity contribution in [2.45, 2.75) is 19.5 Å². The molecule has 9 heavy (non-hydrogen) atoms. The van der Waals surface area contributed by atoms with Crippen LogP contribution in [0.15, 0.2) is 11.8 Å². The minimum atomic E-state index is -0.102. The molecule has 2 nitrogen and oxygen atoms in total. The first-order valence-corrected chi connectivity index (χ1v) is 3.40. The van der Waals surface area contributed by atoms with Gasteiger partial charge in [0.15, 0.2) is 0 Å². The molecule has 0 amide bonds. The summed E-state index contributed by atoms with van der Waals surface area (Å²) in [4.78, 5) is 10.6. The van der Waals surface area contributed by atoms with Crippen LogP contribution in [-0.2, 0) is 4.79 Å². The quantitative estimate of drug-likeness (QED) is 0.580. The molecule has 0 saturated carbocycles. The summed E-state index contributed by atoms with van der Waals surface area (Å²) in [6, 6.07) is 0. The summed E-state index contributed by atoms with van der Waals surface area (Å²) in [5.41, 5.74) is 5.98. The van der Waals surface area contributed by atoms with Crippen LogP contribution in [0.25, 0.3) is 0 Å². The van der Waals surface area contributed by atoms with E-state index in [1.807, 2.05) is 6.92 Å². The van der Waals surface area contributed by atoms with E-state index in [9.17, 15) is 4.79 Å². The number of hydrogen-bond donors (Lipinski definition) is 1. The van der Waals surface area contributed by atoms with Gasteiger partial charge < -0.3 is 5.73 Å². The molecule has 0 rings (SSSR count). The average molecular weight is 145 g/mol. The van der Waals surface area contributed by atoms with E-state index in [2.05, 4.69) is 9.24 Å². The first-order valence-electron chi connectivity index (χ1n) is 2.74. The molecule has 0 aromatic carbocycles. The summed E-state index contributed by atoms with van der Waals surface area (Å²) in [6.45, 7) is 3.38. The zero-order valence-electron chi connectivity index (χ0n) is 5.72. The summed E-state index contributed by atoms with van der Waals surface area (Å²) in [6.07, 6.45) is 1.46. The van der Waals surface area contributed by atoms with E-state index >= 15 is 0 Å². The van der Waals surface area contributed by atoms with Gasteiger partial charge in [-0.3, -0.25) is 4.79 Å². The van der Waals surface area contributed by atoms with Gasteiger partial charge >= 0.3 is 0 Å². The van der Waals surface area contributed by atoms with Gasteiger partial charge in [0.2, 0.25) is 0 Å². The molecule has 0 radical (unpaired) electrons. The Morgan fingerprint density at radius 3 is 2.22 bits per heavy atom. The molecule has 0 spiro atoms. The van der Waals surface area contributed by atoms with Crippen molar-refractivity contribution in [2.75, 3.05) is 0 Å². The van der Waals surface area contributed by atoms with E-state index in [0.717, 1.165) is 5.57 Å². The second-order valence-corrected chi connectivity index (χ2v) is 2.67. The van der Waals surface area contributed by atoms with Gasteiger partial charge in [-0.2, -0.15) is 0 Å². The fraction of sp³-hybridized carbons (Fsp3) is 0.500. The maximum absolute atomic E-state index is 10.6. The van der Waals surface area contributed by atoms with Crippen molar-refractivity contribution in [1.29, 1.82) is 0 Å². The summed E-state index contributed by atoms with van der Waals surface area (Å²) < 4.78 is 0. The maximum atomic E-state index is 10.6. The van der Waals surface area contributed by atoms with Crippen LogP contribution in [0, 0.1) is 0 Å². The largest absolute Gasteiger partial charge is 0.405 e. The number of ketones is 1. The molecule has 2 atom stereocenters. The van der Waals surface area contributed by atoms with Gasteiger partial charge in [0, 0.05) is 0 Å². The Hall–Kier alpha value is -0.360. The van der Waals surface area contributed by atoms with Gasteiger partial charge in [-0.25, -0.2) is 0 Å². The van der Waals surface area contributed by atoms with Crippen LogP contribution in [-0.4, -0.2) is 11.4 Å². The SMILES string of the molecule is CC(=O)C(P)/C(C)=C\N. The fourth-order valence-corrected chi connectivity index (χ4v) is 0.535. The third-order valence-corrected chi connectivity index (χ3v) is 2.19. The van der Waals surface area contributed by atoms with Crippen molar-refractivity contribution >= 4 is 15.0 Å². The zero-order valence-corrected chi connectivity index (χ0v) is 6.87. The van der Waals surface area contributed by atoms with E-state index < -0.39 is 0 Å². The predicted molar refractivity (Wildman–Crippen MR) is 42.1 cm³/mol. The lowest BCUT2D eigenvalue weighted by Gasteiger charge is -2.04. The highest BCUT2D eigenvalue weighted by atomic mass is 31.0. The summed E-state index contributed by atoms with van der Waals surface area (Å²) >= 11 is 0. The Morgan fingerprint density at radius 2 is 2.11 bits per heavy atom. The van der Waals surface area contributed by atoms with Crippen LogP contribution in [0.3, 0.4) is 0 Å². The van der Waals surface area contributed by atoms with Crippen molar-refractivity contribution in [2.24, 2.45) is 5.73 Å². The molecule has 52 valence electrons. The molecule has 0 aromatic rings. The molecular formula is C6H12NOP. The smallest absolute Gasteiger partial charge is 0.140 e. The lowest BCUT2D eigenvalue weighted by molar-refractivity contribution is -0.115. The van der Waals surface area contributed by atoms with E-state index in [1.165, 1.54) is 6.20 Å². The normalized spacial score (nSPS) is 15.2. The van der Waals surface area contributed by atoms with E-state index in [0.29, 0.717) is 0 Å². The Bertz CT molecular complexity index is 142. The van der Waals surface area contributed by atoms with Crippen LogP contribution in [0.5, 0.6) is 0 Å². The molecule has 2 unspecified atom stereocenters. The molecule has 0 bridgehead atoms. The van der Waals surface area contributed by atoms with Gasteiger partial charge in [-0.05, 0) is 25.6 Å². The van der Waals surface area contributed by atoms with Gasteiger partial charge in [0.1, 0.15) is 5.78 Å². The van der Waals surface area contributed by atoms with Crippen LogP contribution >= 0.6 is 9.24 Å². The summed E-state index contributed by atoms with van der Waals surface area (Å²) in [5.74, 6) is 0.124. The number of hydrogen-bond acceptors (Lipinski definition) is 2. The number of allylic oxidation sites excluding steroid dienone is 1. The first-order chi connectivity index (χ1) is 4.09. The molecule has 0 aliphatic rings. The van der Waals surface area contributed by atoms with Crippen molar-refractivity contribution < 1.29 is 4.79 Å². The van der Waals surface area contributed by atoms with E-state index in [4.69, 9.17) is 5.73 Å². The van der Waals surface area contributed by atoms with Crippen molar-refractivity contribution in [3.8, 4) is 0 Å². The van der Waals surface area contributed by atoms with Gasteiger partial charge in [0.25, 0.3) is 0 Å². The Morgan fingerprint density at radius 1 is 1.67 bits per heavy atom. The van der Waals surface area contributed by atoms with Gasteiger partial charge in [-0.15, -0.1) is 9.24 Å². The zero-order chi connectivity index (χ0) is 7.44. The minimum absolute atomic E-state index is 0.102. The van der Waals surface area contributed by atoms with Crippen molar-refractivity contribution in [3.63, 3.8) is 0 Å². The highest BCUT2D eigenvalue weighted by molar-refractivity contribution is 7.20. The van der Waals surface area contributed by atoms with E-state index in [1.54, 1.807) is 6.92 Å². The maximum Gasteiger partial charge on any atom is 0.140 e. The number of carbonyl (C=O) groups excluding carboxylic acids is 1. The Balaban J connectivity index is 4.04. The number of carbonyl (C=O) groups is 1. The third kappa shape index (κ3) is 2.62. The van der Waals surface area contributed by atoms with Gasteiger partial charge in [0.05, 0.1) is 5.66 Å². The highest BCUT2D eigenvalue weighted by Crippen LogP contribution is 2.10. The average Bonchev–Trinajstić information content (AvgIpc) is 1.84. The predicted octanol–water partition coefficient (Wildman–Crippen LogP) is 0.682. The molecule has 0 saturated heterocycles. The second-order valence-electron chi connectivity index (χ2n) is 2.00. The third-order valence-electron chi connectivity index (χ3n) is 1.19. The molecule has 0 heterocycles. The number of rotatable bonds is 2. The monoisotopic (exact) mass is 145 g/mol. The van der Waals surface area contributed by atoms with Crippen LogP contribution in [0.1, 0.15) is 13.8 Å². The van der Waals surface area contributed by atoms with Crippen LogP contribution < -0.4 is 5.73 Å². The number of Topliss-reactive ketones (excluding diaryl/α,β-unsaturated/α-hetero) is 1. The van der Waals surface area contributed by atoms with Crippen LogP contribution in [0.2, 0.25) is 0 Å². The van der Waals surface area contributed by atoms with Gasteiger partial charge in [-0.1, -0.05) is 0 Å². The molecule has 0 aromatic heterocycles. The molecule has 3 heteroatoms. The first kappa shape index (κ1) is 8.64. The van der Waals surface area contributed by atoms with E-state index in [-0.39, 0.29) is 11.4 Å².